The second kappa shape index (κ2) is 4.08. The molecule has 2 aliphatic heterocycles. The Bertz CT molecular complexity index is 1120. The second-order valence-corrected chi connectivity index (χ2v) is 6.34. The van der Waals surface area contributed by atoms with E-state index in [9.17, 15) is 11.3 Å². The maximum Gasteiger partial charge on any atom is 0.174 e. The molecule has 0 amide bonds. The topological polar surface area (TPSA) is 59.0 Å². The van der Waals surface area contributed by atoms with E-state index in [2.05, 4.69) is 0 Å². The number of ether oxygens (including phenoxy) is 2. The molecule has 1 aromatic carbocycles. The van der Waals surface area contributed by atoms with E-state index in [1.807, 2.05) is 0 Å². The lowest BCUT2D eigenvalue weighted by Gasteiger charge is -2.62. The largest absolute Gasteiger partial charge is 0.493 e. The highest BCUT2D eigenvalue weighted by Crippen LogP contribution is 2.64. The first-order valence-corrected chi connectivity index (χ1v) is 7.34. The smallest absolute Gasteiger partial charge is 0.174 e. The van der Waals surface area contributed by atoms with Gasteiger partial charge < -0.3 is 19.5 Å². The van der Waals surface area contributed by atoms with Crippen LogP contribution in [0.4, 0.5) is 0 Å². The average molecular weight is 326 g/mol. The first kappa shape index (κ1) is 6.73. The van der Waals surface area contributed by atoms with E-state index in [-0.39, 0.29) is 29.0 Å². The van der Waals surface area contributed by atoms with Gasteiger partial charge in [-0.3, -0.25) is 4.79 Å². The third-order valence-corrected chi connectivity index (χ3v) is 5.50. The summed E-state index contributed by atoms with van der Waals surface area (Å²) in [4.78, 5) is 13.8. The van der Waals surface area contributed by atoms with Gasteiger partial charge >= 0.3 is 0 Å². The van der Waals surface area contributed by atoms with Crippen molar-refractivity contribution >= 4 is 5.78 Å². The molecule has 1 saturated heterocycles. The van der Waals surface area contributed by atoms with Crippen LogP contribution >= 0.6 is 0 Å². The summed E-state index contributed by atoms with van der Waals surface area (Å²) in [5.41, 5.74) is -4.95. The molecule has 122 valence electrons. The van der Waals surface area contributed by atoms with Crippen LogP contribution < -0.4 is 9.47 Å². The molecule has 5 rings (SSSR count). The minimum absolute atomic E-state index is 0.0799. The van der Waals surface area contributed by atoms with E-state index in [1.54, 1.807) is 0 Å². The van der Waals surface area contributed by atoms with Crippen LogP contribution in [-0.4, -0.2) is 54.1 Å². The van der Waals surface area contributed by atoms with Gasteiger partial charge in [0.15, 0.2) is 23.4 Å². The predicted molar refractivity (Wildman–Crippen MR) is 83.0 cm³/mol. The van der Waals surface area contributed by atoms with Gasteiger partial charge in [0.25, 0.3) is 0 Å². The molecule has 0 aromatic heterocycles. The van der Waals surface area contributed by atoms with E-state index in [1.165, 1.54) is 0 Å². The van der Waals surface area contributed by atoms with Crippen molar-refractivity contribution in [3.63, 3.8) is 0 Å². The molecular formula is C18H21NO4. The Kier molecular flexibility index (Phi) is 1.19. The zero-order valence-electron chi connectivity index (χ0n) is 23.0. The first-order chi connectivity index (χ1) is 15.3. The molecule has 1 aromatic rings. The molecule has 0 radical (unpaired) electrons. The summed E-state index contributed by atoms with van der Waals surface area (Å²) >= 11 is 0. The third-order valence-electron chi connectivity index (χ3n) is 5.50. The van der Waals surface area contributed by atoms with Gasteiger partial charge in [-0.1, -0.05) is 6.07 Å². The van der Waals surface area contributed by atoms with E-state index in [4.69, 9.17) is 23.2 Å². The SMILES string of the molecule is [2H]C([2H])([2H])Oc1ccc2c3c1OC1C(=O)C([2H])([2H])C[C@]4(O)[C@@]31CCN(C([2H])([2H])[2H])[C@]4([2H])C2([2H])[2H]. The summed E-state index contributed by atoms with van der Waals surface area (Å²) in [5.74, 6) is -1.74. The molecule has 2 fully saturated rings. The Balaban J connectivity index is 1.91. The van der Waals surface area contributed by atoms with Crippen LogP contribution in [0, 0.1) is 0 Å². The molecule has 2 bridgehead atoms. The highest BCUT2D eigenvalue weighted by molar-refractivity contribution is 5.90. The van der Waals surface area contributed by atoms with Crippen LogP contribution in [0.25, 0.3) is 0 Å². The van der Waals surface area contributed by atoms with Gasteiger partial charge in [-0.25, -0.2) is 0 Å². The minimum atomic E-state index is -3.03. The van der Waals surface area contributed by atoms with Crippen LogP contribution in [0.5, 0.6) is 11.5 Å². The van der Waals surface area contributed by atoms with E-state index >= 15 is 0 Å². The lowest BCUT2D eigenvalue weighted by molar-refractivity contribution is -0.185. The standard InChI is InChI=1S/C18H21NO4/c1-19-8-7-17-14-10-3-4-12(22-2)15(14)23-16(17)11(20)5-6-18(17,21)13(19)9-10/h3-4,13,16,21H,5-9H2,1-2H3/t13-,16?,17+,18-/m1/s1/i1D3,2D3,5D2,9D2,13D. The molecule has 1 saturated carbocycles. The van der Waals surface area contributed by atoms with E-state index < -0.39 is 68.6 Å². The number of rotatable bonds is 1. The molecule has 4 atom stereocenters. The number of methoxy groups -OCH3 is 1. The van der Waals surface area contributed by atoms with E-state index in [0.29, 0.717) is 4.90 Å². The Morgan fingerprint density at radius 2 is 2.48 bits per heavy atom. The molecule has 2 aliphatic carbocycles. The summed E-state index contributed by atoms with van der Waals surface area (Å²) < 4.78 is 101. The lowest BCUT2D eigenvalue weighted by atomic mass is 9.49. The zero-order valence-corrected chi connectivity index (χ0v) is 12.0. The maximum atomic E-state index is 13.2. The summed E-state index contributed by atoms with van der Waals surface area (Å²) in [5, 5.41) is 12.2. The Hall–Kier alpha value is -1.59. The Labute approximate surface area is 150 Å². The molecule has 1 spiro atoms. The number of likely N-dealkylation sites (tertiary alicyclic amines) is 1. The van der Waals surface area contributed by atoms with Gasteiger partial charge in [-0.2, -0.15) is 0 Å². The normalized spacial score (nSPS) is 56.3. The summed E-state index contributed by atoms with van der Waals surface area (Å²) in [7, 11) is -2.94. The van der Waals surface area contributed by atoms with Crippen molar-refractivity contribution in [1.82, 2.24) is 4.90 Å². The quantitative estimate of drug-likeness (QED) is 0.836. The number of aliphatic hydroxyl groups is 1. The van der Waals surface area contributed by atoms with Gasteiger partial charge in [0.1, 0.15) is 0 Å². The zero-order chi connectivity index (χ0) is 25.5. The molecule has 5 nitrogen and oxygen atoms in total. The van der Waals surface area contributed by atoms with Gasteiger partial charge in [0.2, 0.25) is 0 Å². The number of ketones is 1. The Morgan fingerprint density at radius 3 is 3.30 bits per heavy atom. The molecule has 1 N–H and O–H groups in total. The third kappa shape index (κ3) is 1.32. The van der Waals surface area contributed by atoms with Crippen molar-refractivity contribution in [2.75, 3.05) is 20.6 Å². The van der Waals surface area contributed by atoms with Crippen molar-refractivity contribution in [3.05, 3.63) is 23.3 Å². The number of carbonyl (C=O) groups excluding carboxylic acids is 1. The fourth-order valence-corrected chi connectivity index (χ4v) is 4.50. The molecular weight excluding hydrogens is 294 g/mol. The number of nitrogens with zero attached hydrogens (tertiary/aromatic N) is 1. The fraction of sp³-hybridized carbons (Fsp3) is 0.611. The monoisotopic (exact) mass is 326 g/mol. The molecule has 1 unspecified atom stereocenters. The highest BCUT2D eigenvalue weighted by Gasteiger charge is 2.72. The van der Waals surface area contributed by atoms with Gasteiger partial charge in [-0.05, 0) is 44.4 Å². The number of hydrogen-bond acceptors (Lipinski definition) is 5. The summed E-state index contributed by atoms with van der Waals surface area (Å²) in [6, 6.07) is -0.707. The molecule has 4 aliphatic rings. The molecule has 23 heavy (non-hydrogen) atoms. The predicted octanol–water partition coefficient (Wildman–Crippen LogP) is 1.05. The van der Waals surface area contributed by atoms with Crippen LogP contribution in [0.1, 0.15) is 45.4 Å². The molecule has 5 heteroatoms. The van der Waals surface area contributed by atoms with Crippen LogP contribution in [0.2, 0.25) is 0 Å². The first-order valence-electron chi connectivity index (χ1n) is 12.8. The highest BCUT2D eigenvalue weighted by atomic mass is 16.5. The number of benzene rings is 1. The maximum absolute atomic E-state index is 13.2. The van der Waals surface area contributed by atoms with Crippen molar-refractivity contribution in [2.45, 2.75) is 48.7 Å². The minimum Gasteiger partial charge on any atom is -0.493 e. The van der Waals surface area contributed by atoms with Crippen LogP contribution in [0.15, 0.2) is 12.1 Å². The van der Waals surface area contributed by atoms with Crippen molar-refractivity contribution in [2.24, 2.45) is 0 Å². The van der Waals surface area contributed by atoms with Gasteiger partial charge in [0.05, 0.1) is 23.5 Å². The van der Waals surface area contributed by atoms with Crippen molar-refractivity contribution in [3.8, 4) is 11.5 Å². The fourth-order valence-electron chi connectivity index (χ4n) is 4.50. The van der Waals surface area contributed by atoms with Crippen LogP contribution in [-0.2, 0) is 16.6 Å². The Morgan fingerprint density at radius 1 is 1.57 bits per heavy atom. The number of carbonyl (C=O) groups is 1. The second-order valence-electron chi connectivity index (χ2n) is 6.34. The lowest BCUT2D eigenvalue weighted by Crippen LogP contribution is -2.76. The number of Topliss-reactive ketones (excluding diaryl/α,β-unsaturated/α-hetero) is 1. The van der Waals surface area contributed by atoms with Crippen LogP contribution in [0.3, 0.4) is 0 Å². The van der Waals surface area contributed by atoms with Gasteiger partial charge in [-0.15, -0.1) is 0 Å². The number of hydrogen-bond donors (Lipinski definition) is 1. The summed E-state index contributed by atoms with van der Waals surface area (Å²) in [6.07, 6.45) is -8.75. The van der Waals surface area contributed by atoms with Crippen molar-refractivity contribution in [1.29, 1.82) is 0 Å². The summed E-state index contributed by atoms with van der Waals surface area (Å²) in [6.45, 7) is -3.46. The number of piperidine rings is 1. The molecule has 2 heterocycles. The average Bonchev–Trinajstić information content (AvgIpc) is 2.99. The van der Waals surface area contributed by atoms with E-state index in [0.717, 1.165) is 12.1 Å². The van der Waals surface area contributed by atoms with Gasteiger partial charge in [0, 0.05) is 27.5 Å². The number of likely N-dealkylation sites (N-methyl/N-ethyl adjacent to an activating group) is 1. The van der Waals surface area contributed by atoms with Crippen molar-refractivity contribution < 1.29 is 34.5 Å².